The average molecular weight is 228 g/mol. The van der Waals surface area contributed by atoms with Gasteiger partial charge in [0.2, 0.25) is 5.91 Å². The van der Waals surface area contributed by atoms with Gasteiger partial charge < -0.3 is 10.1 Å². The minimum absolute atomic E-state index is 0.0739. The maximum atomic E-state index is 11.7. The van der Waals surface area contributed by atoms with Crippen molar-refractivity contribution in [1.29, 1.82) is 0 Å². The fourth-order valence-electron chi connectivity index (χ4n) is 1.87. The van der Waals surface area contributed by atoms with Gasteiger partial charge in [-0.3, -0.25) is 14.5 Å². The van der Waals surface area contributed by atoms with Gasteiger partial charge in [-0.2, -0.15) is 0 Å². The quantitative estimate of drug-likeness (QED) is 0.696. The van der Waals surface area contributed by atoms with Crippen molar-refractivity contribution in [2.45, 2.75) is 31.7 Å². The largest absolute Gasteiger partial charge is 0.469 e. The molecule has 1 heterocycles. The zero-order chi connectivity index (χ0) is 12.0. The standard InChI is InChI=1S/C11H20N2O3/c1-13(8-6-10(14)16-2)9-5-3-4-7-12-11(9)15/h9H,3-8H2,1-2H3,(H,12,15). The molecule has 0 bridgehead atoms. The van der Waals surface area contributed by atoms with E-state index in [4.69, 9.17) is 0 Å². The summed E-state index contributed by atoms with van der Waals surface area (Å²) in [6.07, 6.45) is 3.28. The van der Waals surface area contributed by atoms with E-state index in [1.165, 1.54) is 7.11 Å². The van der Waals surface area contributed by atoms with Crippen molar-refractivity contribution < 1.29 is 14.3 Å². The topological polar surface area (TPSA) is 58.6 Å². The predicted molar refractivity (Wildman–Crippen MR) is 59.9 cm³/mol. The third-order valence-electron chi connectivity index (χ3n) is 2.93. The van der Waals surface area contributed by atoms with Crippen LogP contribution in [0.1, 0.15) is 25.7 Å². The molecule has 1 atom stereocenters. The number of likely N-dealkylation sites (N-methyl/N-ethyl adjacent to an activating group) is 1. The van der Waals surface area contributed by atoms with Crippen LogP contribution >= 0.6 is 0 Å². The SMILES string of the molecule is COC(=O)CCN(C)C1CCCCNC1=O. The van der Waals surface area contributed by atoms with Crippen LogP contribution < -0.4 is 5.32 Å². The Morgan fingerprint density at radius 3 is 3.00 bits per heavy atom. The van der Waals surface area contributed by atoms with Gasteiger partial charge in [0, 0.05) is 13.1 Å². The monoisotopic (exact) mass is 228 g/mol. The lowest BCUT2D eigenvalue weighted by molar-refractivity contribution is -0.141. The second-order valence-corrected chi connectivity index (χ2v) is 4.11. The third kappa shape index (κ3) is 3.81. The Bertz CT molecular complexity index is 256. The lowest BCUT2D eigenvalue weighted by Gasteiger charge is -2.24. The average Bonchev–Trinajstić information content (AvgIpc) is 2.50. The van der Waals surface area contributed by atoms with Gasteiger partial charge in [0.05, 0.1) is 19.6 Å². The van der Waals surface area contributed by atoms with Gasteiger partial charge in [0.15, 0.2) is 0 Å². The summed E-state index contributed by atoms with van der Waals surface area (Å²) in [6, 6.07) is -0.104. The Morgan fingerprint density at radius 2 is 2.31 bits per heavy atom. The summed E-state index contributed by atoms with van der Waals surface area (Å²) in [5.41, 5.74) is 0. The van der Waals surface area contributed by atoms with E-state index < -0.39 is 0 Å². The molecule has 0 spiro atoms. The number of nitrogens with one attached hydrogen (secondary N) is 1. The maximum absolute atomic E-state index is 11.7. The van der Waals surface area contributed by atoms with Crippen molar-refractivity contribution in [3.05, 3.63) is 0 Å². The zero-order valence-corrected chi connectivity index (χ0v) is 9.99. The molecule has 1 aliphatic rings. The Morgan fingerprint density at radius 1 is 1.56 bits per heavy atom. The van der Waals surface area contributed by atoms with Gasteiger partial charge in [-0.05, 0) is 26.3 Å². The van der Waals surface area contributed by atoms with Crippen LogP contribution in [0.3, 0.4) is 0 Å². The molecule has 0 aromatic carbocycles. The molecule has 1 unspecified atom stereocenters. The molecule has 0 aromatic rings. The molecule has 5 nitrogen and oxygen atoms in total. The molecule has 92 valence electrons. The summed E-state index contributed by atoms with van der Waals surface area (Å²) in [6.45, 7) is 1.32. The molecule has 1 fully saturated rings. The normalized spacial score (nSPS) is 21.4. The van der Waals surface area contributed by atoms with E-state index in [2.05, 4.69) is 10.1 Å². The smallest absolute Gasteiger partial charge is 0.306 e. The van der Waals surface area contributed by atoms with Crippen LogP contribution in [0.15, 0.2) is 0 Å². The number of ether oxygens (including phenoxy) is 1. The van der Waals surface area contributed by atoms with E-state index in [1.807, 2.05) is 11.9 Å². The van der Waals surface area contributed by atoms with Crippen LogP contribution in [0.5, 0.6) is 0 Å². The van der Waals surface area contributed by atoms with E-state index in [9.17, 15) is 9.59 Å². The van der Waals surface area contributed by atoms with Crippen molar-refractivity contribution in [1.82, 2.24) is 10.2 Å². The van der Waals surface area contributed by atoms with Crippen molar-refractivity contribution in [2.24, 2.45) is 0 Å². The summed E-state index contributed by atoms with van der Waals surface area (Å²) in [7, 11) is 3.25. The van der Waals surface area contributed by atoms with Crippen molar-refractivity contribution >= 4 is 11.9 Å². The molecule has 5 heteroatoms. The van der Waals surface area contributed by atoms with Gasteiger partial charge in [0.25, 0.3) is 0 Å². The first kappa shape index (κ1) is 13.0. The second-order valence-electron chi connectivity index (χ2n) is 4.11. The van der Waals surface area contributed by atoms with Gasteiger partial charge in [-0.15, -0.1) is 0 Å². The van der Waals surface area contributed by atoms with Gasteiger partial charge in [-0.25, -0.2) is 0 Å². The number of nitrogens with zero attached hydrogens (tertiary/aromatic N) is 1. The Balaban J connectivity index is 2.41. The first-order chi connectivity index (χ1) is 7.65. The van der Waals surface area contributed by atoms with E-state index in [1.54, 1.807) is 0 Å². The first-order valence-electron chi connectivity index (χ1n) is 5.70. The molecule has 1 N–H and O–H groups in total. The highest BCUT2D eigenvalue weighted by molar-refractivity contribution is 5.82. The third-order valence-corrected chi connectivity index (χ3v) is 2.93. The second kappa shape index (κ2) is 6.48. The highest BCUT2D eigenvalue weighted by Crippen LogP contribution is 2.11. The van der Waals surface area contributed by atoms with Gasteiger partial charge in [0.1, 0.15) is 0 Å². The lowest BCUT2D eigenvalue weighted by Crippen LogP contribution is -2.44. The highest BCUT2D eigenvalue weighted by Gasteiger charge is 2.24. The number of esters is 1. The number of hydrogen-bond acceptors (Lipinski definition) is 4. The molecule has 1 rings (SSSR count). The maximum Gasteiger partial charge on any atom is 0.306 e. The fraction of sp³-hybridized carbons (Fsp3) is 0.818. The van der Waals surface area contributed by atoms with Crippen LogP contribution in [0.4, 0.5) is 0 Å². The van der Waals surface area contributed by atoms with Crippen molar-refractivity contribution in [2.75, 3.05) is 27.2 Å². The first-order valence-corrected chi connectivity index (χ1v) is 5.70. The van der Waals surface area contributed by atoms with Crippen LogP contribution in [-0.2, 0) is 14.3 Å². The molecular formula is C11H20N2O3. The number of amides is 1. The lowest BCUT2D eigenvalue weighted by atomic mass is 10.1. The van der Waals surface area contributed by atoms with Crippen molar-refractivity contribution in [3.63, 3.8) is 0 Å². The van der Waals surface area contributed by atoms with Crippen LogP contribution in [0, 0.1) is 0 Å². The predicted octanol–water partition coefficient (Wildman–Crippen LogP) is 0.150. The van der Waals surface area contributed by atoms with E-state index in [-0.39, 0.29) is 17.9 Å². The molecule has 0 saturated carbocycles. The molecule has 0 aliphatic carbocycles. The number of carbonyl (C=O) groups excluding carboxylic acids is 2. The number of methoxy groups -OCH3 is 1. The number of rotatable bonds is 4. The van der Waals surface area contributed by atoms with Crippen LogP contribution in [0.2, 0.25) is 0 Å². The van der Waals surface area contributed by atoms with E-state index in [0.717, 1.165) is 25.8 Å². The summed E-state index contributed by atoms with van der Waals surface area (Å²) in [5.74, 6) is -0.161. The molecule has 1 aliphatic heterocycles. The summed E-state index contributed by atoms with van der Waals surface area (Å²) < 4.78 is 4.57. The minimum atomic E-state index is -0.235. The summed E-state index contributed by atoms with van der Waals surface area (Å²) >= 11 is 0. The highest BCUT2D eigenvalue weighted by atomic mass is 16.5. The molecular weight excluding hydrogens is 208 g/mol. The van der Waals surface area contributed by atoms with Gasteiger partial charge in [-0.1, -0.05) is 0 Å². The minimum Gasteiger partial charge on any atom is -0.469 e. The molecule has 0 radical (unpaired) electrons. The fourth-order valence-corrected chi connectivity index (χ4v) is 1.87. The number of hydrogen-bond donors (Lipinski definition) is 1. The zero-order valence-electron chi connectivity index (χ0n) is 9.99. The van der Waals surface area contributed by atoms with E-state index >= 15 is 0 Å². The van der Waals surface area contributed by atoms with Gasteiger partial charge >= 0.3 is 5.97 Å². The number of carbonyl (C=O) groups is 2. The molecule has 16 heavy (non-hydrogen) atoms. The van der Waals surface area contributed by atoms with Crippen LogP contribution in [0.25, 0.3) is 0 Å². The summed E-state index contributed by atoms with van der Waals surface area (Å²) in [4.78, 5) is 24.6. The molecule has 0 aromatic heterocycles. The Hall–Kier alpha value is -1.10. The summed E-state index contributed by atoms with van der Waals surface area (Å²) in [5, 5.41) is 2.88. The Kier molecular flexibility index (Phi) is 5.25. The van der Waals surface area contributed by atoms with E-state index in [0.29, 0.717) is 13.0 Å². The van der Waals surface area contributed by atoms with Crippen molar-refractivity contribution in [3.8, 4) is 0 Å². The van der Waals surface area contributed by atoms with Crippen LogP contribution in [-0.4, -0.2) is 50.1 Å². The molecule has 1 saturated heterocycles. The molecule has 1 amide bonds. The Labute approximate surface area is 96.1 Å².